The first-order valence-electron chi connectivity index (χ1n) is 11.3. The number of ether oxygens (including phenoxy) is 4. The van der Waals surface area contributed by atoms with Crippen molar-refractivity contribution in [2.45, 2.75) is 51.5 Å². The second-order valence-electron chi connectivity index (χ2n) is 7.83. The summed E-state index contributed by atoms with van der Waals surface area (Å²) >= 11 is 3.42. The number of nitrogens with one attached hydrogen (secondary N) is 1. The van der Waals surface area contributed by atoms with Crippen molar-refractivity contribution in [1.82, 2.24) is 5.32 Å². The lowest BCUT2D eigenvalue weighted by Crippen LogP contribution is -2.55. The molecule has 2 atom stereocenters. The average Bonchev–Trinajstić information content (AvgIpc) is 3.22. The molecule has 184 valence electrons. The number of aliphatic hydroxyl groups is 1. The number of halogens is 1. The second kappa shape index (κ2) is 11.7. The summed E-state index contributed by atoms with van der Waals surface area (Å²) in [5.74, 6) is -3.69. The van der Waals surface area contributed by atoms with Crippen LogP contribution in [0.25, 0.3) is 0 Å². The van der Waals surface area contributed by atoms with Gasteiger partial charge in [-0.05, 0) is 62.1 Å². The Morgan fingerprint density at radius 3 is 2.32 bits per heavy atom. The molecule has 0 radical (unpaired) electrons. The van der Waals surface area contributed by atoms with Gasteiger partial charge in [0.25, 0.3) is 0 Å². The zero-order chi connectivity index (χ0) is 24.7. The van der Waals surface area contributed by atoms with Crippen molar-refractivity contribution in [3.63, 3.8) is 0 Å². The molecule has 0 fully saturated rings. The van der Waals surface area contributed by atoms with Gasteiger partial charge in [0.15, 0.2) is 11.5 Å². The first-order valence-corrected chi connectivity index (χ1v) is 12.1. The lowest BCUT2D eigenvalue weighted by atomic mass is 10.0. The number of rotatable bonds is 11. The summed E-state index contributed by atoms with van der Waals surface area (Å²) in [6.07, 6.45) is 0.831. The molecular formula is C25H30BrNO7. The SMILES string of the molecule is CCOC(=O)C1(C(=O)OCC)Oc2ccc(CC(CC)NCC(O)c3cccc(Br)c3)cc2O1. The number of esters is 2. The Kier molecular flexibility index (Phi) is 8.93. The number of hydrogen-bond donors (Lipinski definition) is 2. The topological polar surface area (TPSA) is 103 Å². The molecule has 2 aromatic rings. The predicted molar refractivity (Wildman–Crippen MR) is 129 cm³/mol. The third-order valence-corrected chi connectivity index (χ3v) is 5.91. The van der Waals surface area contributed by atoms with Gasteiger partial charge >= 0.3 is 17.7 Å². The van der Waals surface area contributed by atoms with E-state index in [0.29, 0.717) is 13.0 Å². The third kappa shape index (κ3) is 5.89. The van der Waals surface area contributed by atoms with Crippen molar-refractivity contribution in [1.29, 1.82) is 0 Å². The van der Waals surface area contributed by atoms with Gasteiger partial charge in [-0.1, -0.05) is 41.1 Å². The number of carbonyl (C=O) groups excluding carboxylic acids is 2. The highest BCUT2D eigenvalue weighted by molar-refractivity contribution is 9.10. The molecule has 1 aliphatic heterocycles. The zero-order valence-corrected chi connectivity index (χ0v) is 21.1. The molecular weight excluding hydrogens is 506 g/mol. The van der Waals surface area contributed by atoms with Crippen LogP contribution in [0.4, 0.5) is 0 Å². The van der Waals surface area contributed by atoms with Crippen LogP contribution in [-0.2, 0) is 25.5 Å². The fraction of sp³-hybridized carbons (Fsp3) is 0.440. The highest BCUT2D eigenvalue weighted by Crippen LogP contribution is 2.41. The van der Waals surface area contributed by atoms with E-state index in [2.05, 4.69) is 28.2 Å². The van der Waals surface area contributed by atoms with Crippen molar-refractivity contribution >= 4 is 27.9 Å². The highest BCUT2D eigenvalue weighted by atomic mass is 79.9. The van der Waals surface area contributed by atoms with E-state index < -0.39 is 23.8 Å². The van der Waals surface area contributed by atoms with Gasteiger partial charge in [0.05, 0.1) is 19.3 Å². The lowest BCUT2D eigenvalue weighted by Gasteiger charge is -2.22. The molecule has 3 rings (SSSR count). The van der Waals surface area contributed by atoms with Crippen LogP contribution in [0.15, 0.2) is 46.9 Å². The van der Waals surface area contributed by atoms with Crippen LogP contribution >= 0.6 is 15.9 Å². The van der Waals surface area contributed by atoms with Crippen molar-refractivity contribution in [2.75, 3.05) is 19.8 Å². The summed E-state index contributed by atoms with van der Waals surface area (Å²) in [6, 6.07) is 12.9. The van der Waals surface area contributed by atoms with Crippen molar-refractivity contribution in [2.24, 2.45) is 0 Å². The molecule has 0 aromatic heterocycles. The molecule has 9 heteroatoms. The average molecular weight is 536 g/mol. The van der Waals surface area contributed by atoms with Gasteiger partial charge < -0.3 is 29.4 Å². The molecule has 0 amide bonds. The summed E-state index contributed by atoms with van der Waals surface area (Å²) in [5, 5.41) is 13.9. The summed E-state index contributed by atoms with van der Waals surface area (Å²) in [6.45, 7) is 5.83. The van der Waals surface area contributed by atoms with Crippen LogP contribution in [0.2, 0.25) is 0 Å². The summed E-state index contributed by atoms with van der Waals surface area (Å²) in [7, 11) is 0. The molecule has 0 bridgehead atoms. The Morgan fingerprint density at radius 2 is 1.71 bits per heavy atom. The normalized spacial score (nSPS) is 15.4. The van der Waals surface area contributed by atoms with E-state index in [4.69, 9.17) is 18.9 Å². The van der Waals surface area contributed by atoms with Gasteiger partial charge in [-0.2, -0.15) is 0 Å². The van der Waals surface area contributed by atoms with Crippen molar-refractivity contribution < 1.29 is 33.6 Å². The molecule has 34 heavy (non-hydrogen) atoms. The Hall–Kier alpha value is -2.62. The predicted octanol–water partition coefficient (Wildman–Crippen LogP) is 3.69. The fourth-order valence-corrected chi connectivity index (χ4v) is 4.05. The Morgan fingerprint density at radius 1 is 1.03 bits per heavy atom. The number of aliphatic hydroxyl groups excluding tert-OH is 1. The van der Waals surface area contributed by atoms with Crippen LogP contribution in [0, 0.1) is 0 Å². The fourth-order valence-electron chi connectivity index (χ4n) is 3.63. The zero-order valence-electron chi connectivity index (χ0n) is 19.5. The Balaban J connectivity index is 1.69. The molecule has 2 N–H and O–H groups in total. The number of hydrogen-bond acceptors (Lipinski definition) is 8. The van der Waals surface area contributed by atoms with Crippen LogP contribution < -0.4 is 14.8 Å². The van der Waals surface area contributed by atoms with E-state index in [9.17, 15) is 14.7 Å². The number of carbonyl (C=O) groups is 2. The molecule has 2 unspecified atom stereocenters. The minimum absolute atomic E-state index is 0.0595. The standard InChI is InChI=1S/C25H30BrNO7/c1-4-19(27-15-20(28)17-8-7-9-18(26)14-17)12-16-10-11-21-22(13-16)34-25(33-21,23(29)31-5-2)24(30)32-6-3/h7-11,13-14,19-20,27-28H,4-6,12,15H2,1-3H3. The maximum Gasteiger partial charge on any atom is 0.453 e. The van der Waals surface area contributed by atoms with Crippen LogP contribution in [0.5, 0.6) is 11.5 Å². The third-order valence-electron chi connectivity index (χ3n) is 5.41. The minimum Gasteiger partial charge on any atom is -0.460 e. The molecule has 0 saturated carbocycles. The Labute approximate surface area is 207 Å². The number of benzene rings is 2. The molecule has 0 spiro atoms. The highest BCUT2D eigenvalue weighted by Gasteiger charge is 2.59. The smallest absolute Gasteiger partial charge is 0.453 e. The monoisotopic (exact) mass is 535 g/mol. The Bertz CT molecular complexity index is 995. The molecule has 0 aliphatic carbocycles. The lowest BCUT2D eigenvalue weighted by molar-refractivity contribution is -0.202. The summed E-state index contributed by atoms with van der Waals surface area (Å²) < 4.78 is 22.3. The quantitative estimate of drug-likeness (QED) is 0.331. The largest absolute Gasteiger partial charge is 0.460 e. The molecule has 1 heterocycles. The van der Waals surface area contributed by atoms with Gasteiger partial charge in [0.1, 0.15) is 0 Å². The van der Waals surface area contributed by atoms with E-state index >= 15 is 0 Å². The number of fused-ring (bicyclic) bond motifs is 1. The van der Waals surface area contributed by atoms with Gasteiger partial charge in [0, 0.05) is 17.1 Å². The van der Waals surface area contributed by atoms with Crippen LogP contribution in [0.3, 0.4) is 0 Å². The van der Waals surface area contributed by atoms with E-state index in [0.717, 1.165) is 22.0 Å². The van der Waals surface area contributed by atoms with Gasteiger partial charge in [-0.15, -0.1) is 0 Å². The first kappa shape index (κ1) is 26.0. The van der Waals surface area contributed by atoms with E-state index in [1.165, 1.54) is 0 Å². The van der Waals surface area contributed by atoms with Crippen molar-refractivity contribution in [3.8, 4) is 11.5 Å². The molecule has 8 nitrogen and oxygen atoms in total. The maximum atomic E-state index is 12.5. The molecule has 1 aliphatic rings. The van der Waals surface area contributed by atoms with E-state index in [1.807, 2.05) is 30.3 Å². The van der Waals surface area contributed by atoms with Gasteiger partial charge in [0.2, 0.25) is 0 Å². The summed E-state index contributed by atoms with van der Waals surface area (Å²) in [4.78, 5) is 25.1. The minimum atomic E-state index is -2.30. The van der Waals surface area contributed by atoms with E-state index in [1.54, 1.807) is 26.0 Å². The van der Waals surface area contributed by atoms with Crippen LogP contribution in [0.1, 0.15) is 44.4 Å². The van der Waals surface area contributed by atoms with Crippen molar-refractivity contribution in [3.05, 3.63) is 58.1 Å². The molecule has 2 aromatic carbocycles. The van der Waals surface area contributed by atoms with E-state index in [-0.39, 0.29) is 30.8 Å². The maximum absolute atomic E-state index is 12.5. The molecule has 0 saturated heterocycles. The first-order chi connectivity index (χ1) is 16.3. The second-order valence-corrected chi connectivity index (χ2v) is 8.75. The van der Waals surface area contributed by atoms with Crippen LogP contribution in [-0.4, -0.2) is 48.6 Å². The van der Waals surface area contributed by atoms with Gasteiger partial charge in [-0.25, -0.2) is 9.59 Å². The van der Waals surface area contributed by atoms with Gasteiger partial charge in [-0.3, -0.25) is 0 Å². The summed E-state index contributed by atoms with van der Waals surface area (Å²) in [5.41, 5.74) is 1.75.